The first-order valence-corrected chi connectivity index (χ1v) is 17.4. The van der Waals surface area contributed by atoms with Crippen LogP contribution in [0.5, 0.6) is 0 Å². The van der Waals surface area contributed by atoms with Gasteiger partial charge in [0.1, 0.15) is 0 Å². The fraction of sp³-hybridized carbons (Fsp3) is 0. The molecule has 0 fully saturated rings. The molecule has 0 saturated heterocycles. The Labute approximate surface area is 291 Å². The average molecular weight is 633 g/mol. The van der Waals surface area contributed by atoms with Gasteiger partial charge in [-0.3, -0.25) is 0 Å². The molecule has 0 heteroatoms. The van der Waals surface area contributed by atoms with Crippen LogP contribution in [0.3, 0.4) is 0 Å². The van der Waals surface area contributed by atoms with Crippen LogP contribution in [0.2, 0.25) is 0 Å². The first kappa shape index (κ1) is 28.5. The third kappa shape index (κ3) is 4.46. The quantitative estimate of drug-likeness (QED) is 0.169. The lowest BCUT2D eigenvalue weighted by Crippen LogP contribution is -1.93. The molecule has 0 atom stereocenters. The van der Waals surface area contributed by atoms with Crippen molar-refractivity contribution in [3.63, 3.8) is 0 Å². The van der Waals surface area contributed by atoms with Crippen LogP contribution in [0.15, 0.2) is 194 Å². The van der Waals surface area contributed by atoms with Crippen molar-refractivity contribution in [2.75, 3.05) is 0 Å². The molecule has 0 aliphatic carbocycles. The van der Waals surface area contributed by atoms with E-state index >= 15 is 0 Å². The molecule has 0 aliphatic rings. The zero-order valence-corrected chi connectivity index (χ0v) is 27.5. The average Bonchev–Trinajstić information content (AvgIpc) is 3.19. The van der Waals surface area contributed by atoms with E-state index in [4.69, 9.17) is 0 Å². The Bertz CT molecular complexity index is 2900. The monoisotopic (exact) mass is 632 g/mol. The van der Waals surface area contributed by atoms with Gasteiger partial charge in [0.2, 0.25) is 0 Å². The van der Waals surface area contributed by atoms with Gasteiger partial charge in [0.05, 0.1) is 0 Å². The second kappa shape index (κ2) is 11.6. The predicted octanol–water partition coefficient (Wildman–Crippen LogP) is 14.1. The van der Waals surface area contributed by atoms with Crippen LogP contribution in [-0.4, -0.2) is 0 Å². The molecular formula is C50H32. The van der Waals surface area contributed by atoms with Gasteiger partial charge < -0.3 is 0 Å². The summed E-state index contributed by atoms with van der Waals surface area (Å²) in [5.74, 6) is 0. The van der Waals surface area contributed by atoms with Gasteiger partial charge in [-0.25, -0.2) is 0 Å². The van der Waals surface area contributed by atoms with Crippen LogP contribution in [0.4, 0.5) is 0 Å². The van der Waals surface area contributed by atoms with Crippen molar-refractivity contribution < 1.29 is 0 Å². The van der Waals surface area contributed by atoms with Gasteiger partial charge >= 0.3 is 0 Å². The van der Waals surface area contributed by atoms with Gasteiger partial charge in [0.25, 0.3) is 0 Å². The summed E-state index contributed by atoms with van der Waals surface area (Å²) >= 11 is 0. The van der Waals surface area contributed by atoms with Crippen molar-refractivity contribution in [1.29, 1.82) is 0 Å². The standard InChI is InChI=1S/C50H32/c1-2-14-33(15-3-1)39-30-31-40(42-23-9-8-22-41(39)42)36-28-29-47-48(32-36)50(44-27-13-19-35-17-5-7-21-38(35)44)46-25-11-10-24-45(46)49(47)43-26-12-18-34-16-4-6-20-37(34)43/h1-32H. The maximum absolute atomic E-state index is 2.46. The Hall–Kier alpha value is -6.50. The third-order valence-electron chi connectivity index (χ3n) is 10.5. The molecule has 0 spiro atoms. The van der Waals surface area contributed by atoms with Crippen LogP contribution in [0, 0.1) is 0 Å². The molecule has 0 saturated carbocycles. The van der Waals surface area contributed by atoms with Crippen molar-refractivity contribution in [3.8, 4) is 44.5 Å². The Balaban J connectivity index is 1.34. The van der Waals surface area contributed by atoms with Crippen LogP contribution < -0.4 is 0 Å². The molecule has 0 radical (unpaired) electrons. The van der Waals surface area contributed by atoms with Gasteiger partial charge in [-0.05, 0) is 104 Å². The minimum Gasteiger partial charge on any atom is -0.0622 e. The lowest BCUT2D eigenvalue weighted by molar-refractivity contribution is 1.63. The fourth-order valence-corrected chi connectivity index (χ4v) is 8.23. The Morgan fingerprint density at radius 2 is 0.620 bits per heavy atom. The molecule has 0 heterocycles. The number of fused-ring (bicyclic) bond motifs is 5. The van der Waals surface area contributed by atoms with Crippen molar-refractivity contribution in [1.82, 2.24) is 0 Å². The van der Waals surface area contributed by atoms with Crippen LogP contribution >= 0.6 is 0 Å². The highest BCUT2D eigenvalue weighted by molar-refractivity contribution is 6.26. The van der Waals surface area contributed by atoms with E-state index in [0.717, 1.165) is 0 Å². The summed E-state index contributed by atoms with van der Waals surface area (Å²) in [5.41, 5.74) is 10.0. The summed E-state index contributed by atoms with van der Waals surface area (Å²) in [5, 5.41) is 12.6. The van der Waals surface area contributed by atoms with Crippen molar-refractivity contribution in [2.24, 2.45) is 0 Å². The van der Waals surface area contributed by atoms with Crippen molar-refractivity contribution >= 4 is 53.9 Å². The molecule has 0 nitrogen and oxygen atoms in total. The maximum Gasteiger partial charge on any atom is -0.00199 e. The molecule has 0 amide bonds. The highest BCUT2D eigenvalue weighted by Crippen LogP contribution is 2.48. The van der Waals surface area contributed by atoms with Crippen LogP contribution in [0.1, 0.15) is 0 Å². The van der Waals surface area contributed by atoms with E-state index in [2.05, 4.69) is 194 Å². The molecule has 0 unspecified atom stereocenters. The fourth-order valence-electron chi connectivity index (χ4n) is 8.23. The summed E-state index contributed by atoms with van der Waals surface area (Å²) < 4.78 is 0. The van der Waals surface area contributed by atoms with Crippen LogP contribution in [-0.2, 0) is 0 Å². The summed E-state index contributed by atoms with van der Waals surface area (Å²) in [6.45, 7) is 0. The summed E-state index contributed by atoms with van der Waals surface area (Å²) in [6, 6.07) is 71.3. The molecular weight excluding hydrogens is 601 g/mol. The summed E-state index contributed by atoms with van der Waals surface area (Å²) in [4.78, 5) is 0. The van der Waals surface area contributed by atoms with Crippen molar-refractivity contribution in [3.05, 3.63) is 194 Å². The van der Waals surface area contributed by atoms with E-state index in [-0.39, 0.29) is 0 Å². The Kier molecular flexibility index (Phi) is 6.60. The van der Waals surface area contributed by atoms with Gasteiger partial charge in [-0.15, -0.1) is 0 Å². The number of benzene rings is 10. The van der Waals surface area contributed by atoms with Gasteiger partial charge in [0, 0.05) is 0 Å². The van der Waals surface area contributed by atoms with Gasteiger partial charge in [-0.2, -0.15) is 0 Å². The molecule has 10 aromatic rings. The zero-order chi connectivity index (χ0) is 33.0. The second-order valence-corrected chi connectivity index (χ2v) is 13.2. The SMILES string of the molecule is c1ccc(-c2ccc(-c3ccc4c(-c5cccc6ccccc56)c5ccccc5c(-c5cccc6ccccc56)c4c3)c3ccccc23)cc1. The van der Waals surface area contributed by atoms with E-state index in [1.54, 1.807) is 0 Å². The lowest BCUT2D eigenvalue weighted by atomic mass is 9.82. The first-order chi connectivity index (χ1) is 24.8. The summed E-state index contributed by atoms with van der Waals surface area (Å²) in [6.07, 6.45) is 0. The number of hydrogen-bond donors (Lipinski definition) is 0. The largest absolute Gasteiger partial charge is 0.0622 e. The molecule has 10 aromatic carbocycles. The normalized spacial score (nSPS) is 11.6. The molecule has 232 valence electrons. The molecule has 0 aromatic heterocycles. The van der Waals surface area contributed by atoms with Crippen LogP contribution in [0.25, 0.3) is 98.4 Å². The first-order valence-electron chi connectivity index (χ1n) is 17.4. The van der Waals surface area contributed by atoms with E-state index < -0.39 is 0 Å². The Morgan fingerprint density at radius 1 is 0.200 bits per heavy atom. The van der Waals surface area contributed by atoms with Gasteiger partial charge in [-0.1, -0.05) is 188 Å². The smallest absolute Gasteiger partial charge is 0.00199 e. The maximum atomic E-state index is 2.46. The zero-order valence-electron chi connectivity index (χ0n) is 27.5. The van der Waals surface area contributed by atoms with Gasteiger partial charge in [0.15, 0.2) is 0 Å². The summed E-state index contributed by atoms with van der Waals surface area (Å²) in [7, 11) is 0. The minimum absolute atomic E-state index is 1.22. The Morgan fingerprint density at radius 3 is 1.20 bits per heavy atom. The molecule has 0 N–H and O–H groups in total. The highest BCUT2D eigenvalue weighted by atomic mass is 14.2. The number of hydrogen-bond acceptors (Lipinski definition) is 0. The topological polar surface area (TPSA) is 0 Å². The van der Waals surface area contributed by atoms with E-state index in [9.17, 15) is 0 Å². The molecule has 0 aliphatic heterocycles. The van der Waals surface area contributed by atoms with E-state index in [1.807, 2.05) is 0 Å². The molecule has 10 rings (SSSR count). The lowest BCUT2D eigenvalue weighted by Gasteiger charge is -2.21. The highest BCUT2D eigenvalue weighted by Gasteiger charge is 2.20. The van der Waals surface area contributed by atoms with E-state index in [0.29, 0.717) is 0 Å². The van der Waals surface area contributed by atoms with E-state index in [1.165, 1.54) is 98.4 Å². The second-order valence-electron chi connectivity index (χ2n) is 13.2. The molecule has 50 heavy (non-hydrogen) atoms. The third-order valence-corrected chi connectivity index (χ3v) is 10.5. The minimum atomic E-state index is 1.22. The number of rotatable bonds is 4. The predicted molar refractivity (Wildman–Crippen MR) is 216 cm³/mol. The molecule has 0 bridgehead atoms. The van der Waals surface area contributed by atoms with Crippen molar-refractivity contribution in [2.45, 2.75) is 0 Å².